The molecule has 1 N–H and O–H groups in total. The lowest BCUT2D eigenvalue weighted by Crippen LogP contribution is -2.22. The molecule has 0 saturated carbocycles. The Balaban J connectivity index is 2.41. The fraction of sp³-hybridized carbons (Fsp3) is 0.615. The summed E-state index contributed by atoms with van der Waals surface area (Å²) in [5.74, 6) is 0. The van der Waals surface area contributed by atoms with Crippen molar-refractivity contribution in [2.75, 3.05) is 7.05 Å². The van der Waals surface area contributed by atoms with Crippen LogP contribution in [0.2, 0.25) is 0 Å². The average molecular weight is 358 g/mol. The van der Waals surface area contributed by atoms with E-state index in [2.05, 4.69) is 54.5 Å². The zero-order chi connectivity index (χ0) is 14.5. The first-order chi connectivity index (χ1) is 9.72. The highest BCUT2D eigenvalue weighted by Gasteiger charge is 2.25. The molecular weight excluding hydrogens is 338 g/mol. The van der Waals surface area contributed by atoms with Crippen molar-refractivity contribution in [3.05, 3.63) is 26.9 Å². The average Bonchev–Trinajstić information content (AvgIpc) is 3.02. The van der Waals surface area contributed by atoms with Crippen LogP contribution < -0.4 is 5.32 Å². The lowest BCUT2D eigenvalue weighted by atomic mass is 10.1. The molecule has 5 nitrogen and oxygen atoms in total. The minimum atomic E-state index is 0.0833. The quantitative estimate of drug-likeness (QED) is 0.826. The summed E-state index contributed by atoms with van der Waals surface area (Å²) in [4.78, 5) is 1.19. The number of rotatable bonds is 7. The van der Waals surface area contributed by atoms with Gasteiger partial charge in [-0.3, -0.25) is 4.68 Å². The van der Waals surface area contributed by atoms with E-state index >= 15 is 0 Å². The van der Waals surface area contributed by atoms with Crippen molar-refractivity contribution in [1.82, 2.24) is 24.7 Å². The van der Waals surface area contributed by atoms with Gasteiger partial charge in [-0.15, -0.1) is 5.10 Å². The van der Waals surface area contributed by atoms with Crippen LogP contribution in [0.1, 0.15) is 49.0 Å². The Bertz CT molecular complexity index is 551. The van der Waals surface area contributed by atoms with Gasteiger partial charge in [0.05, 0.1) is 33.0 Å². The molecule has 0 amide bonds. The van der Waals surface area contributed by atoms with Crippen LogP contribution in [0.15, 0.2) is 10.7 Å². The summed E-state index contributed by atoms with van der Waals surface area (Å²) in [5.41, 5.74) is 2.24. The van der Waals surface area contributed by atoms with Crippen molar-refractivity contribution in [2.24, 2.45) is 0 Å². The number of hydrogen-bond acceptors (Lipinski definition) is 5. The molecule has 2 rings (SSSR count). The zero-order valence-corrected chi connectivity index (χ0v) is 14.5. The summed E-state index contributed by atoms with van der Waals surface area (Å²) in [5, 5.41) is 12.1. The monoisotopic (exact) mass is 357 g/mol. The van der Waals surface area contributed by atoms with Gasteiger partial charge >= 0.3 is 0 Å². The summed E-state index contributed by atoms with van der Waals surface area (Å²) in [7, 11) is 1.97. The normalized spacial score (nSPS) is 12.8. The first-order valence-corrected chi connectivity index (χ1v) is 8.49. The van der Waals surface area contributed by atoms with E-state index in [1.54, 1.807) is 0 Å². The van der Waals surface area contributed by atoms with Crippen molar-refractivity contribution in [1.29, 1.82) is 0 Å². The Morgan fingerprint density at radius 2 is 2.20 bits per heavy atom. The first-order valence-electron chi connectivity index (χ1n) is 6.92. The Morgan fingerprint density at radius 1 is 1.40 bits per heavy atom. The number of aromatic nitrogens is 4. The van der Waals surface area contributed by atoms with Crippen LogP contribution in [0.3, 0.4) is 0 Å². The molecule has 20 heavy (non-hydrogen) atoms. The third kappa shape index (κ3) is 3.10. The summed E-state index contributed by atoms with van der Waals surface area (Å²) in [6.45, 7) is 5.23. The molecule has 7 heteroatoms. The number of nitrogens with one attached hydrogen (secondary N) is 1. The molecule has 2 aromatic rings. The second-order valence-electron chi connectivity index (χ2n) is 4.66. The molecule has 0 aliphatic rings. The van der Waals surface area contributed by atoms with Crippen molar-refractivity contribution < 1.29 is 0 Å². The van der Waals surface area contributed by atoms with Crippen LogP contribution in [-0.4, -0.2) is 26.4 Å². The molecule has 2 heterocycles. The van der Waals surface area contributed by atoms with Crippen LogP contribution in [0.4, 0.5) is 0 Å². The Morgan fingerprint density at radius 3 is 2.85 bits per heavy atom. The highest BCUT2D eigenvalue weighted by Crippen LogP contribution is 2.32. The predicted octanol–water partition coefficient (Wildman–Crippen LogP) is 3.17. The third-order valence-electron chi connectivity index (χ3n) is 3.16. The van der Waals surface area contributed by atoms with Gasteiger partial charge in [-0.25, -0.2) is 0 Å². The van der Waals surface area contributed by atoms with E-state index in [4.69, 9.17) is 0 Å². The molecular formula is C13H20BrN5S. The number of aryl methyl sites for hydroxylation is 2. The Labute approximate surface area is 132 Å². The molecule has 2 aromatic heterocycles. The van der Waals surface area contributed by atoms with E-state index in [9.17, 15) is 0 Å². The first kappa shape index (κ1) is 15.6. The summed E-state index contributed by atoms with van der Waals surface area (Å²) >= 11 is 5.09. The Kier molecular flexibility index (Phi) is 5.68. The highest BCUT2D eigenvalue weighted by molar-refractivity contribution is 9.10. The topological polar surface area (TPSA) is 55.6 Å². The molecule has 0 aliphatic heterocycles. The van der Waals surface area contributed by atoms with Crippen LogP contribution in [0, 0.1) is 0 Å². The van der Waals surface area contributed by atoms with Gasteiger partial charge in [-0.2, -0.15) is 5.10 Å². The molecule has 0 radical (unpaired) electrons. The van der Waals surface area contributed by atoms with Gasteiger partial charge in [0.25, 0.3) is 0 Å². The Hall–Kier alpha value is -0.790. The van der Waals surface area contributed by atoms with Gasteiger partial charge in [0, 0.05) is 6.54 Å². The van der Waals surface area contributed by atoms with Crippen LogP contribution in [0.5, 0.6) is 0 Å². The van der Waals surface area contributed by atoms with E-state index in [-0.39, 0.29) is 6.04 Å². The second kappa shape index (κ2) is 7.28. The maximum atomic E-state index is 4.45. The number of nitrogens with zero attached hydrogens (tertiary/aromatic N) is 4. The highest BCUT2D eigenvalue weighted by atomic mass is 79.9. The standard InChI is InChI=1S/C13H20BrN5S/c1-4-6-10-13(20-18-17-10)11(15-3)12-9(14)8-16-19(12)7-5-2/h8,11,15H,4-7H2,1-3H3. The van der Waals surface area contributed by atoms with E-state index in [1.165, 1.54) is 16.4 Å². The van der Waals surface area contributed by atoms with E-state index in [0.717, 1.165) is 41.7 Å². The minimum Gasteiger partial charge on any atom is -0.307 e. The summed E-state index contributed by atoms with van der Waals surface area (Å²) in [6, 6.07) is 0.0833. The lowest BCUT2D eigenvalue weighted by molar-refractivity contribution is 0.534. The van der Waals surface area contributed by atoms with Gasteiger partial charge in [0.15, 0.2) is 0 Å². The molecule has 1 unspecified atom stereocenters. The fourth-order valence-corrected chi connectivity index (χ4v) is 3.62. The SMILES string of the molecule is CCCc1nnsc1C(NC)c1c(Br)cnn1CCC. The lowest BCUT2D eigenvalue weighted by Gasteiger charge is -2.18. The third-order valence-corrected chi connectivity index (χ3v) is 4.61. The van der Waals surface area contributed by atoms with Gasteiger partial charge in [-0.1, -0.05) is 24.8 Å². The molecule has 0 fully saturated rings. The van der Waals surface area contributed by atoms with Crippen LogP contribution in [0.25, 0.3) is 0 Å². The molecule has 0 aromatic carbocycles. The molecule has 0 spiro atoms. The van der Waals surface area contributed by atoms with Crippen LogP contribution in [-0.2, 0) is 13.0 Å². The number of hydrogen-bond donors (Lipinski definition) is 1. The van der Waals surface area contributed by atoms with Gasteiger partial charge in [-0.05, 0) is 47.4 Å². The van der Waals surface area contributed by atoms with Crippen LogP contribution >= 0.6 is 27.5 Å². The largest absolute Gasteiger partial charge is 0.307 e. The maximum Gasteiger partial charge on any atom is 0.0886 e. The maximum absolute atomic E-state index is 4.45. The zero-order valence-electron chi connectivity index (χ0n) is 12.1. The van der Waals surface area contributed by atoms with Gasteiger partial charge in [0.2, 0.25) is 0 Å². The van der Waals surface area contributed by atoms with Crippen molar-refractivity contribution >= 4 is 27.5 Å². The molecule has 0 bridgehead atoms. The van der Waals surface area contributed by atoms with E-state index in [0.29, 0.717) is 0 Å². The smallest absolute Gasteiger partial charge is 0.0886 e. The predicted molar refractivity (Wildman–Crippen MR) is 85.0 cm³/mol. The summed E-state index contributed by atoms with van der Waals surface area (Å²) < 4.78 is 7.22. The minimum absolute atomic E-state index is 0.0833. The van der Waals surface area contributed by atoms with E-state index in [1.807, 2.05) is 13.2 Å². The molecule has 1 atom stereocenters. The molecule has 0 saturated heterocycles. The van der Waals surface area contributed by atoms with Gasteiger partial charge < -0.3 is 5.32 Å². The molecule has 110 valence electrons. The number of halogens is 1. The fourth-order valence-electron chi connectivity index (χ4n) is 2.29. The summed E-state index contributed by atoms with van der Waals surface area (Å²) in [6.07, 6.45) is 4.96. The van der Waals surface area contributed by atoms with Gasteiger partial charge in [0.1, 0.15) is 0 Å². The van der Waals surface area contributed by atoms with E-state index < -0.39 is 0 Å². The van der Waals surface area contributed by atoms with Crippen molar-refractivity contribution in [2.45, 2.75) is 45.7 Å². The van der Waals surface area contributed by atoms with Crippen molar-refractivity contribution in [3.8, 4) is 0 Å². The molecule has 0 aliphatic carbocycles. The van der Waals surface area contributed by atoms with Crippen molar-refractivity contribution in [3.63, 3.8) is 0 Å². The second-order valence-corrected chi connectivity index (χ2v) is 6.30.